The van der Waals surface area contributed by atoms with Gasteiger partial charge in [-0.25, -0.2) is 0 Å². The smallest absolute Gasteiger partial charge is 0.227 e. The third-order valence-corrected chi connectivity index (χ3v) is 3.85. The SMILES string of the molecule is Cc1noc(CCN2CCC(CNC3CC3)C2)n1. The topological polar surface area (TPSA) is 54.2 Å². The van der Waals surface area contributed by atoms with Gasteiger partial charge in [-0.1, -0.05) is 5.16 Å². The van der Waals surface area contributed by atoms with Gasteiger partial charge in [0.25, 0.3) is 0 Å². The minimum atomic E-state index is 0.734. The molecule has 1 atom stereocenters. The molecule has 2 aliphatic rings. The lowest BCUT2D eigenvalue weighted by Gasteiger charge is -2.15. The Bertz CT molecular complexity index is 388. The molecule has 0 radical (unpaired) electrons. The fourth-order valence-corrected chi connectivity index (χ4v) is 2.60. The molecule has 18 heavy (non-hydrogen) atoms. The number of hydrogen-bond acceptors (Lipinski definition) is 5. The van der Waals surface area contributed by atoms with Gasteiger partial charge >= 0.3 is 0 Å². The molecule has 0 bridgehead atoms. The van der Waals surface area contributed by atoms with Crippen LogP contribution in [0.15, 0.2) is 4.52 Å². The number of hydrogen-bond donors (Lipinski definition) is 1. The minimum Gasteiger partial charge on any atom is -0.339 e. The van der Waals surface area contributed by atoms with Crippen LogP contribution < -0.4 is 5.32 Å². The lowest BCUT2D eigenvalue weighted by molar-refractivity contribution is 0.300. The van der Waals surface area contributed by atoms with E-state index in [4.69, 9.17) is 4.52 Å². The van der Waals surface area contributed by atoms with Gasteiger partial charge in [-0.2, -0.15) is 4.98 Å². The Kier molecular flexibility index (Phi) is 3.61. The Hall–Kier alpha value is -0.940. The molecule has 1 unspecified atom stereocenters. The van der Waals surface area contributed by atoms with Crippen LogP contribution in [0.25, 0.3) is 0 Å². The van der Waals surface area contributed by atoms with Gasteiger partial charge in [0.2, 0.25) is 5.89 Å². The molecule has 100 valence electrons. The summed E-state index contributed by atoms with van der Waals surface area (Å²) in [5.74, 6) is 2.33. The Labute approximate surface area is 108 Å². The summed E-state index contributed by atoms with van der Waals surface area (Å²) < 4.78 is 5.14. The molecule has 1 aliphatic carbocycles. The van der Waals surface area contributed by atoms with E-state index >= 15 is 0 Å². The van der Waals surface area contributed by atoms with Crippen LogP contribution >= 0.6 is 0 Å². The zero-order valence-corrected chi connectivity index (χ0v) is 11.1. The number of aromatic nitrogens is 2. The second-order valence-electron chi connectivity index (χ2n) is 5.62. The predicted octanol–water partition coefficient (Wildman–Crippen LogP) is 0.994. The molecule has 0 amide bonds. The van der Waals surface area contributed by atoms with E-state index in [0.717, 1.165) is 36.6 Å². The normalized spacial score (nSPS) is 24.8. The molecule has 0 spiro atoms. The zero-order chi connectivity index (χ0) is 12.4. The fraction of sp³-hybridized carbons (Fsp3) is 0.846. The van der Waals surface area contributed by atoms with E-state index in [1.807, 2.05) is 6.92 Å². The van der Waals surface area contributed by atoms with Crippen molar-refractivity contribution in [3.8, 4) is 0 Å². The van der Waals surface area contributed by atoms with E-state index in [-0.39, 0.29) is 0 Å². The molecule has 1 saturated carbocycles. The highest BCUT2D eigenvalue weighted by molar-refractivity contribution is 4.87. The molecule has 1 aromatic heterocycles. The van der Waals surface area contributed by atoms with Crippen molar-refractivity contribution < 1.29 is 4.52 Å². The van der Waals surface area contributed by atoms with Gasteiger partial charge in [0, 0.05) is 25.6 Å². The number of rotatable bonds is 6. The largest absolute Gasteiger partial charge is 0.339 e. The van der Waals surface area contributed by atoms with Crippen LogP contribution in [0.5, 0.6) is 0 Å². The van der Waals surface area contributed by atoms with Crippen molar-refractivity contribution in [1.82, 2.24) is 20.4 Å². The van der Waals surface area contributed by atoms with Crippen molar-refractivity contribution >= 4 is 0 Å². The predicted molar refractivity (Wildman–Crippen MR) is 68.3 cm³/mol. The average molecular weight is 250 g/mol. The molecule has 5 heteroatoms. The van der Waals surface area contributed by atoms with Gasteiger partial charge in [0.1, 0.15) is 0 Å². The van der Waals surface area contributed by atoms with Crippen LogP contribution in [0.2, 0.25) is 0 Å². The molecule has 2 heterocycles. The maximum atomic E-state index is 5.14. The standard InChI is InChI=1S/C13H22N4O/c1-10-15-13(18-16-10)5-7-17-6-4-11(9-17)8-14-12-2-3-12/h11-12,14H,2-9H2,1H3. The Balaban J connectivity index is 1.36. The second kappa shape index (κ2) is 5.36. The summed E-state index contributed by atoms with van der Waals surface area (Å²) in [6.07, 6.45) is 4.96. The van der Waals surface area contributed by atoms with Crippen molar-refractivity contribution in [2.45, 2.75) is 38.6 Å². The van der Waals surface area contributed by atoms with Crippen molar-refractivity contribution in [2.75, 3.05) is 26.2 Å². The monoisotopic (exact) mass is 250 g/mol. The van der Waals surface area contributed by atoms with E-state index in [9.17, 15) is 0 Å². The van der Waals surface area contributed by atoms with Crippen molar-refractivity contribution in [3.05, 3.63) is 11.7 Å². The molecule has 1 saturated heterocycles. The highest BCUT2D eigenvalue weighted by Crippen LogP contribution is 2.21. The van der Waals surface area contributed by atoms with E-state index < -0.39 is 0 Å². The van der Waals surface area contributed by atoms with Gasteiger partial charge in [-0.3, -0.25) is 0 Å². The molecule has 3 rings (SSSR count). The maximum Gasteiger partial charge on any atom is 0.227 e. The molecule has 1 aliphatic heterocycles. The molecule has 2 fully saturated rings. The van der Waals surface area contributed by atoms with Gasteiger partial charge in [0.15, 0.2) is 5.82 Å². The van der Waals surface area contributed by atoms with Gasteiger partial charge in [-0.05, 0) is 45.2 Å². The number of nitrogens with zero attached hydrogens (tertiary/aromatic N) is 3. The molecular weight excluding hydrogens is 228 g/mol. The molecular formula is C13H22N4O. The lowest BCUT2D eigenvalue weighted by Crippen LogP contribution is -2.28. The van der Waals surface area contributed by atoms with Crippen LogP contribution in [0, 0.1) is 12.8 Å². The van der Waals surface area contributed by atoms with Gasteiger partial charge in [0.05, 0.1) is 0 Å². The highest BCUT2D eigenvalue weighted by Gasteiger charge is 2.26. The van der Waals surface area contributed by atoms with Crippen LogP contribution in [0.4, 0.5) is 0 Å². The average Bonchev–Trinajstić information content (AvgIpc) is 2.93. The Morgan fingerprint density at radius 3 is 3.00 bits per heavy atom. The molecule has 5 nitrogen and oxygen atoms in total. The first-order chi connectivity index (χ1) is 8.79. The maximum absolute atomic E-state index is 5.14. The van der Waals surface area contributed by atoms with Crippen LogP contribution in [-0.4, -0.2) is 47.3 Å². The Morgan fingerprint density at radius 1 is 1.39 bits per heavy atom. The summed E-state index contributed by atoms with van der Waals surface area (Å²) in [5, 5.41) is 7.45. The molecule has 0 aromatic carbocycles. The van der Waals surface area contributed by atoms with Crippen molar-refractivity contribution in [2.24, 2.45) is 5.92 Å². The molecule has 1 aromatic rings. The fourth-order valence-electron chi connectivity index (χ4n) is 2.60. The summed E-state index contributed by atoms with van der Waals surface area (Å²) >= 11 is 0. The van der Waals surface area contributed by atoms with E-state index in [1.165, 1.54) is 38.9 Å². The van der Waals surface area contributed by atoms with Crippen LogP contribution in [-0.2, 0) is 6.42 Å². The number of likely N-dealkylation sites (tertiary alicyclic amines) is 1. The summed E-state index contributed by atoms with van der Waals surface area (Å²) in [4.78, 5) is 6.75. The first-order valence-electron chi connectivity index (χ1n) is 7.04. The number of aryl methyl sites for hydroxylation is 1. The second-order valence-corrected chi connectivity index (χ2v) is 5.62. The van der Waals surface area contributed by atoms with E-state index in [1.54, 1.807) is 0 Å². The summed E-state index contributed by atoms with van der Waals surface area (Å²) in [6, 6.07) is 0.834. The quantitative estimate of drug-likeness (QED) is 0.816. The third kappa shape index (κ3) is 3.29. The van der Waals surface area contributed by atoms with Gasteiger partial charge < -0.3 is 14.7 Å². The first-order valence-corrected chi connectivity index (χ1v) is 7.04. The highest BCUT2D eigenvalue weighted by atomic mass is 16.5. The summed E-state index contributed by atoms with van der Waals surface area (Å²) in [6.45, 7) is 6.53. The summed E-state index contributed by atoms with van der Waals surface area (Å²) in [7, 11) is 0. The van der Waals surface area contributed by atoms with Crippen molar-refractivity contribution in [1.29, 1.82) is 0 Å². The van der Waals surface area contributed by atoms with E-state index in [2.05, 4.69) is 20.4 Å². The zero-order valence-electron chi connectivity index (χ0n) is 11.1. The van der Waals surface area contributed by atoms with E-state index in [0.29, 0.717) is 0 Å². The number of nitrogens with one attached hydrogen (secondary N) is 1. The lowest BCUT2D eigenvalue weighted by atomic mass is 10.1. The van der Waals surface area contributed by atoms with Crippen LogP contribution in [0.1, 0.15) is 31.0 Å². The minimum absolute atomic E-state index is 0.734. The summed E-state index contributed by atoms with van der Waals surface area (Å²) in [5.41, 5.74) is 0. The molecule has 1 N–H and O–H groups in total. The van der Waals surface area contributed by atoms with Crippen LogP contribution in [0.3, 0.4) is 0 Å². The van der Waals surface area contributed by atoms with Gasteiger partial charge in [-0.15, -0.1) is 0 Å². The third-order valence-electron chi connectivity index (χ3n) is 3.85. The first kappa shape index (κ1) is 12.1. The Morgan fingerprint density at radius 2 is 2.28 bits per heavy atom. The van der Waals surface area contributed by atoms with Crippen molar-refractivity contribution in [3.63, 3.8) is 0 Å².